The smallest absolute Gasteiger partial charge is 0.338 e. The number of methoxy groups -OCH3 is 3. The van der Waals surface area contributed by atoms with Crippen molar-refractivity contribution in [3.05, 3.63) is 42.0 Å². The molecule has 5 nitrogen and oxygen atoms in total. The van der Waals surface area contributed by atoms with E-state index >= 15 is 0 Å². The van der Waals surface area contributed by atoms with Gasteiger partial charge in [-0.05, 0) is 41.5 Å². The van der Waals surface area contributed by atoms with Gasteiger partial charge in [0.1, 0.15) is 5.75 Å². The molecule has 0 aliphatic carbocycles. The minimum atomic E-state index is -0.518. The molecule has 0 aliphatic rings. The van der Waals surface area contributed by atoms with Gasteiger partial charge in [-0.15, -0.1) is 0 Å². The Balaban J connectivity index is 2.58. The SMILES string of the molecule is COC(=O)c1cc(O)ccc1-c1ccc(OC)c(OC)c1. The number of phenols is 1. The van der Waals surface area contributed by atoms with Gasteiger partial charge < -0.3 is 19.3 Å². The first-order valence-corrected chi connectivity index (χ1v) is 6.24. The molecule has 110 valence electrons. The van der Waals surface area contributed by atoms with Crippen molar-refractivity contribution < 1.29 is 24.1 Å². The molecule has 0 atom stereocenters. The highest BCUT2D eigenvalue weighted by atomic mass is 16.5. The lowest BCUT2D eigenvalue weighted by atomic mass is 9.99. The molecule has 2 aromatic rings. The van der Waals surface area contributed by atoms with E-state index in [1.54, 1.807) is 38.5 Å². The molecule has 0 spiro atoms. The van der Waals surface area contributed by atoms with Crippen LogP contribution in [-0.4, -0.2) is 32.4 Å². The summed E-state index contributed by atoms with van der Waals surface area (Å²) in [6.07, 6.45) is 0. The number of aromatic hydroxyl groups is 1. The summed E-state index contributed by atoms with van der Waals surface area (Å²) in [7, 11) is 4.39. The van der Waals surface area contributed by atoms with Crippen molar-refractivity contribution in [2.45, 2.75) is 0 Å². The van der Waals surface area contributed by atoms with Gasteiger partial charge in [0.15, 0.2) is 11.5 Å². The highest BCUT2D eigenvalue weighted by Gasteiger charge is 2.16. The first-order chi connectivity index (χ1) is 10.1. The third-order valence-electron chi connectivity index (χ3n) is 3.10. The van der Waals surface area contributed by atoms with Gasteiger partial charge in [0.05, 0.1) is 26.9 Å². The Morgan fingerprint density at radius 2 is 1.67 bits per heavy atom. The quantitative estimate of drug-likeness (QED) is 0.876. The Morgan fingerprint density at radius 3 is 2.29 bits per heavy atom. The van der Waals surface area contributed by atoms with Crippen molar-refractivity contribution in [2.75, 3.05) is 21.3 Å². The van der Waals surface area contributed by atoms with Gasteiger partial charge >= 0.3 is 5.97 Å². The Labute approximate surface area is 122 Å². The van der Waals surface area contributed by atoms with Crippen molar-refractivity contribution in [1.29, 1.82) is 0 Å². The molecule has 0 unspecified atom stereocenters. The summed E-state index contributed by atoms with van der Waals surface area (Å²) in [6.45, 7) is 0. The number of esters is 1. The Morgan fingerprint density at radius 1 is 0.952 bits per heavy atom. The molecule has 5 heteroatoms. The van der Waals surface area contributed by atoms with Crippen LogP contribution in [0.1, 0.15) is 10.4 Å². The molecule has 0 heterocycles. The average Bonchev–Trinajstić information content (AvgIpc) is 2.53. The van der Waals surface area contributed by atoms with Gasteiger partial charge in [-0.25, -0.2) is 4.79 Å². The van der Waals surface area contributed by atoms with Crippen LogP contribution in [0.5, 0.6) is 17.2 Å². The van der Waals surface area contributed by atoms with Crippen LogP contribution in [0, 0.1) is 0 Å². The predicted molar refractivity (Wildman–Crippen MR) is 78.0 cm³/mol. The minimum Gasteiger partial charge on any atom is -0.508 e. The molecule has 1 N–H and O–H groups in total. The topological polar surface area (TPSA) is 65.0 Å². The van der Waals surface area contributed by atoms with Gasteiger partial charge in [-0.2, -0.15) is 0 Å². The van der Waals surface area contributed by atoms with Gasteiger partial charge in [0.2, 0.25) is 0 Å². The van der Waals surface area contributed by atoms with Crippen LogP contribution < -0.4 is 9.47 Å². The van der Waals surface area contributed by atoms with Crippen molar-refractivity contribution in [1.82, 2.24) is 0 Å². The monoisotopic (exact) mass is 288 g/mol. The van der Waals surface area contributed by atoms with Crippen molar-refractivity contribution in [2.24, 2.45) is 0 Å². The van der Waals surface area contributed by atoms with E-state index in [4.69, 9.17) is 14.2 Å². The highest BCUT2D eigenvalue weighted by Crippen LogP contribution is 2.34. The lowest BCUT2D eigenvalue weighted by Gasteiger charge is -2.12. The van der Waals surface area contributed by atoms with Gasteiger partial charge in [0.25, 0.3) is 0 Å². The predicted octanol–water partition coefficient (Wildman–Crippen LogP) is 2.86. The molecule has 0 amide bonds. The summed E-state index contributed by atoms with van der Waals surface area (Å²) in [5, 5.41) is 9.56. The summed E-state index contributed by atoms with van der Waals surface area (Å²) in [5.41, 5.74) is 1.68. The molecule has 0 saturated heterocycles. The number of rotatable bonds is 4. The molecule has 0 fully saturated rings. The second-order valence-electron chi connectivity index (χ2n) is 4.29. The van der Waals surface area contributed by atoms with Gasteiger partial charge in [-0.3, -0.25) is 0 Å². The zero-order valence-electron chi connectivity index (χ0n) is 12.0. The summed E-state index contributed by atoms with van der Waals surface area (Å²) in [4.78, 5) is 11.8. The zero-order valence-corrected chi connectivity index (χ0v) is 12.0. The van der Waals surface area contributed by atoms with E-state index in [2.05, 4.69) is 0 Å². The van der Waals surface area contributed by atoms with Crippen molar-refractivity contribution in [3.8, 4) is 28.4 Å². The molecule has 0 aliphatic heterocycles. The largest absolute Gasteiger partial charge is 0.508 e. The highest BCUT2D eigenvalue weighted by molar-refractivity contribution is 5.98. The molecular formula is C16H16O5. The second kappa shape index (κ2) is 6.17. The molecular weight excluding hydrogens is 272 g/mol. The summed E-state index contributed by atoms with van der Waals surface area (Å²) in [6, 6.07) is 9.86. The fraction of sp³-hybridized carbons (Fsp3) is 0.188. The lowest BCUT2D eigenvalue weighted by molar-refractivity contribution is 0.0601. The fourth-order valence-corrected chi connectivity index (χ4v) is 2.07. The first kappa shape index (κ1) is 14.7. The standard InChI is InChI=1S/C16H16O5/c1-19-14-7-4-10(8-15(14)20-2)12-6-5-11(17)9-13(12)16(18)21-3/h4-9,17H,1-3H3. The summed E-state index contributed by atoms with van der Waals surface area (Å²) in [5.74, 6) is 0.633. The molecule has 2 rings (SSSR count). The number of hydrogen-bond acceptors (Lipinski definition) is 5. The zero-order chi connectivity index (χ0) is 15.4. The number of carbonyl (C=O) groups is 1. The summed E-state index contributed by atoms with van der Waals surface area (Å²) >= 11 is 0. The Bertz CT molecular complexity index is 664. The maximum Gasteiger partial charge on any atom is 0.338 e. The maximum absolute atomic E-state index is 11.8. The van der Waals surface area contributed by atoms with Gasteiger partial charge in [-0.1, -0.05) is 6.07 Å². The van der Waals surface area contributed by atoms with Crippen LogP contribution >= 0.6 is 0 Å². The van der Waals surface area contributed by atoms with E-state index in [1.807, 2.05) is 0 Å². The maximum atomic E-state index is 11.8. The van der Waals surface area contributed by atoms with E-state index in [-0.39, 0.29) is 11.3 Å². The summed E-state index contributed by atoms with van der Waals surface area (Å²) < 4.78 is 15.2. The number of phenolic OH excluding ortho intramolecular Hbond substituents is 1. The lowest BCUT2D eigenvalue weighted by Crippen LogP contribution is -2.03. The Hall–Kier alpha value is -2.69. The van der Waals surface area contributed by atoms with Crippen molar-refractivity contribution >= 4 is 5.97 Å². The van der Waals surface area contributed by atoms with E-state index < -0.39 is 5.97 Å². The Kier molecular flexibility index (Phi) is 4.33. The molecule has 21 heavy (non-hydrogen) atoms. The average molecular weight is 288 g/mol. The second-order valence-corrected chi connectivity index (χ2v) is 4.29. The van der Waals surface area contributed by atoms with Gasteiger partial charge in [0, 0.05) is 0 Å². The normalized spacial score (nSPS) is 10.0. The third kappa shape index (κ3) is 2.91. The van der Waals surface area contributed by atoms with Crippen LogP contribution in [0.4, 0.5) is 0 Å². The molecule has 0 bridgehead atoms. The third-order valence-corrected chi connectivity index (χ3v) is 3.10. The van der Waals surface area contributed by atoms with E-state index in [9.17, 15) is 9.90 Å². The van der Waals surface area contributed by atoms with E-state index in [1.165, 1.54) is 19.2 Å². The molecule has 0 saturated carbocycles. The number of benzene rings is 2. The number of hydrogen-bond donors (Lipinski definition) is 1. The van der Waals surface area contributed by atoms with Crippen molar-refractivity contribution in [3.63, 3.8) is 0 Å². The minimum absolute atomic E-state index is 0.000346. The van der Waals surface area contributed by atoms with Crippen LogP contribution in [0.2, 0.25) is 0 Å². The fourth-order valence-electron chi connectivity index (χ4n) is 2.07. The molecule has 2 aromatic carbocycles. The van der Waals surface area contributed by atoms with E-state index in [0.717, 1.165) is 5.56 Å². The number of carbonyl (C=O) groups excluding carboxylic acids is 1. The number of ether oxygens (including phenoxy) is 3. The van der Waals surface area contributed by atoms with Crippen LogP contribution in [0.15, 0.2) is 36.4 Å². The first-order valence-electron chi connectivity index (χ1n) is 6.24. The molecule has 0 aromatic heterocycles. The van der Waals surface area contributed by atoms with Crippen LogP contribution in [0.25, 0.3) is 11.1 Å². The van der Waals surface area contributed by atoms with E-state index in [0.29, 0.717) is 17.1 Å². The molecule has 0 radical (unpaired) electrons. The van der Waals surface area contributed by atoms with Crippen LogP contribution in [0.3, 0.4) is 0 Å². The van der Waals surface area contributed by atoms with Crippen LogP contribution in [-0.2, 0) is 4.74 Å².